The van der Waals surface area contributed by atoms with E-state index in [4.69, 9.17) is 13.8 Å². The third-order valence-corrected chi connectivity index (χ3v) is 16.3. The number of nitrogens with zero attached hydrogens (tertiary/aromatic N) is 1. The highest BCUT2D eigenvalue weighted by molar-refractivity contribution is 7.45. The SMILES string of the molecule is CC/C=C\C/C=C\C/C=C\C/C=C\C/C=C\CCCCCCCCCCCCCC(=O)OC(/C=C\CCCCCCCCCCC)C(COP(=O)([O-])OCC[N+](C)(C)C)NC(=O)CCCCCCCCCCC/C=C/CCCCCCCC. The average Bonchev–Trinajstić information content (AvgIpc) is 3.51. The zero-order chi connectivity index (χ0) is 60.7. The maximum atomic E-state index is 13.6. The van der Waals surface area contributed by atoms with E-state index in [1.165, 1.54) is 193 Å². The van der Waals surface area contributed by atoms with Gasteiger partial charge in [-0.15, -0.1) is 0 Å². The largest absolute Gasteiger partial charge is 0.756 e. The van der Waals surface area contributed by atoms with E-state index in [9.17, 15) is 19.0 Å². The molecule has 3 atom stereocenters. The quantitative estimate of drug-likeness (QED) is 0.0212. The number of hydrogen-bond donors (Lipinski definition) is 1. The van der Waals surface area contributed by atoms with Crippen LogP contribution in [0.3, 0.4) is 0 Å². The maximum Gasteiger partial charge on any atom is 0.306 e. The number of unbranched alkanes of at least 4 members (excludes halogenated alkanes) is 35. The minimum Gasteiger partial charge on any atom is -0.756 e. The minimum absolute atomic E-state index is 0.0250. The van der Waals surface area contributed by atoms with Gasteiger partial charge in [0.05, 0.1) is 33.8 Å². The van der Waals surface area contributed by atoms with Gasteiger partial charge >= 0.3 is 5.97 Å². The molecule has 0 saturated carbocycles. The first-order valence-electron chi connectivity index (χ1n) is 34.9. The smallest absolute Gasteiger partial charge is 0.306 e. The highest BCUT2D eigenvalue weighted by atomic mass is 31.2. The van der Waals surface area contributed by atoms with E-state index >= 15 is 0 Å². The summed E-state index contributed by atoms with van der Waals surface area (Å²) in [5.74, 6) is -0.541. The molecule has 83 heavy (non-hydrogen) atoms. The van der Waals surface area contributed by atoms with Gasteiger partial charge in [0, 0.05) is 12.8 Å². The number of phosphoric acid groups is 1. The molecule has 0 bridgehead atoms. The molecule has 0 heterocycles. The van der Waals surface area contributed by atoms with Gasteiger partial charge in [0.1, 0.15) is 19.3 Å². The number of carbonyl (C=O) groups excluding carboxylic acids is 2. The number of hydrogen-bond acceptors (Lipinski definition) is 7. The van der Waals surface area contributed by atoms with Crippen LogP contribution in [0.4, 0.5) is 0 Å². The first-order chi connectivity index (χ1) is 40.4. The molecule has 1 N–H and O–H groups in total. The van der Waals surface area contributed by atoms with Gasteiger partial charge in [-0.1, -0.05) is 286 Å². The zero-order valence-electron chi connectivity index (χ0n) is 55.1. The Balaban J connectivity index is 5.03. The predicted molar refractivity (Wildman–Crippen MR) is 358 cm³/mol. The number of ether oxygens (including phenoxy) is 1. The lowest BCUT2D eigenvalue weighted by atomic mass is 10.0. The van der Waals surface area contributed by atoms with Gasteiger partial charge in [-0.25, -0.2) is 0 Å². The molecule has 10 heteroatoms. The molecule has 0 aromatic carbocycles. The Hall–Kier alpha value is -2.81. The van der Waals surface area contributed by atoms with E-state index in [-0.39, 0.29) is 24.9 Å². The highest BCUT2D eigenvalue weighted by Crippen LogP contribution is 2.38. The summed E-state index contributed by atoms with van der Waals surface area (Å²) in [6.45, 7) is 6.74. The number of carbonyl (C=O) groups is 2. The molecule has 0 aliphatic heterocycles. The Bertz CT molecular complexity index is 1700. The predicted octanol–water partition coefficient (Wildman–Crippen LogP) is 21.5. The monoisotopic (exact) mass is 1180 g/mol. The summed E-state index contributed by atoms with van der Waals surface area (Å²) in [6.07, 6.45) is 82.7. The molecule has 0 aliphatic rings. The summed E-state index contributed by atoms with van der Waals surface area (Å²) in [5.41, 5.74) is 0. The zero-order valence-corrected chi connectivity index (χ0v) is 56.0. The van der Waals surface area contributed by atoms with Crippen molar-refractivity contribution < 1.29 is 37.3 Å². The van der Waals surface area contributed by atoms with E-state index in [1.807, 2.05) is 33.3 Å². The van der Waals surface area contributed by atoms with Crippen LogP contribution in [0.25, 0.3) is 0 Å². The van der Waals surface area contributed by atoms with Crippen molar-refractivity contribution in [2.24, 2.45) is 0 Å². The first-order valence-corrected chi connectivity index (χ1v) is 36.4. The molecular weight excluding hydrogens is 1050 g/mol. The third-order valence-electron chi connectivity index (χ3n) is 15.3. The molecule has 0 aromatic rings. The molecule has 9 nitrogen and oxygen atoms in total. The van der Waals surface area contributed by atoms with Gasteiger partial charge in [-0.2, -0.15) is 0 Å². The number of rotatable bonds is 63. The molecule has 482 valence electrons. The molecule has 0 aliphatic carbocycles. The van der Waals surface area contributed by atoms with Gasteiger partial charge < -0.3 is 28.5 Å². The molecule has 0 rings (SSSR count). The van der Waals surface area contributed by atoms with Crippen molar-refractivity contribution in [2.45, 2.75) is 328 Å². The summed E-state index contributed by atoms with van der Waals surface area (Å²) >= 11 is 0. The lowest BCUT2D eigenvalue weighted by Gasteiger charge is -2.30. The third kappa shape index (κ3) is 63.5. The molecule has 0 fully saturated rings. The standard InChI is InChI=1S/C73H133N2O7P/c1-7-10-13-16-19-22-25-27-29-31-33-34-35-36-37-38-39-40-42-44-46-48-51-54-57-60-63-66-73(77)82-71(64-61-58-55-52-49-24-21-18-15-12-9-3)70(69-81-83(78,79)80-68-67-75(4,5)6)74-72(76)65-62-59-56-53-50-47-45-43-41-32-30-28-26-23-20-17-14-11-8-2/h10,13,19,22,27-30,33-34,36-37,61,64,70-71H,7-9,11-12,14-18,20-21,23-26,31-32,35,38-60,62-63,65-69H2,1-6H3,(H-,74,76,78,79)/b13-10-,22-19-,29-27-,30-28+,34-33-,37-36-,64-61-. The molecule has 1 amide bonds. The summed E-state index contributed by atoms with van der Waals surface area (Å²) in [4.78, 5) is 40.1. The van der Waals surface area contributed by atoms with E-state index < -0.39 is 26.6 Å². The van der Waals surface area contributed by atoms with Crippen molar-refractivity contribution in [1.29, 1.82) is 0 Å². The number of allylic oxidation sites excluding steroid dienone is 13. The van der Waals surface area contributed by atoms with Gasteiger partial charge in [-0.05, 0) is 102 Å². The van der Waals surface area contributed by atoms with Gasteiger partial charge in [0.25, 0.3) is 7.82 Å². The second kappa shape index (κ2) is 62.2. The van der Waals surface area contributed by atoms with Crippen LogP contribution < -0.4 is 10.2 Å². The average molecular weight is 1180 g/mol. The second-order valence-corrected chi connectivity index (χ2v) is 26.1. The molecule has 0 saturated heterocycles. The Morgan fingerprint density at radius 1 is 0.434 bits per heavy atom. The van der Waals surface area contributed by atoms with Crippen LogP contribution in [0.5, 0.6) is 0 Å². The number of likely N-dealkylation sites (N-methyl/N-ethyl adjacent to an activating group) is 1. The van der Waals surface area contributed by atoms with Gasteiger partial charge in [0.15, 0.2) is 0 Å². The number of nitrogens with one attached hydrogen (secondary N) is 1. The minimum atomic E-state index is -4.71. The Morgan fingerprint density at radius 2 is 0.771 bits per heavy atom. The van der Waals surface area contributed by atoms with Gasteiger partial charge in [-0.3, -0.25) is 14.2 Å². The van der Waals surface area contributed by atoms with Crippen LogP contribution in [0.2, 0.25) is 0 Å². The van der Waals surface area contributed by atoms with E-state index in [0.29, 0.717) is 17.4 Å². The summed E-state index contributed by atoms with van der Waals surface area (Å²) < 4.78 is 30.4. The first kappa shape index (κ1) is 80.2. The highest BCUT2D eigenvalue weighted by Gasteiger charge is 2.27. The van der Waals surface area contributed by atoms with Crippen molar-refractivity contribution in [3.8, 4) is 0 Å². The van der Waals surface area contributed by atoms with Crippen LogP contribution in [0, 0.1) is 0 Å². The molecular formula is C73H133N2O7P. The lowest BCUT2D eigenvalue weighted by Crippen LogP contribution is -2.47. The number of amides is 1. The summed E-state index contributed by atoms with van der Waals surface area (Å²) in [6, 6.07) is -0.894. The van der Waals surface area contributed by atoms with Gasteiger partial charge in [0.2, 0.25) is 5.91 Å². The fourth-order valence-electron chi connectivity index (χ4n) is 9.96. The molecule has 0 spiro atoms. The number of quaternary nitrogens is 1. The maximum absolute atomic E-state index is 13.6. The van der Waals surface area contributed by atoms with Crippen LogP contribution in [0.15, 0.2) is 85.1 Å². The van der Waals surface area contributed by atoms with E-state index in [1.54, 1.807) is 0 Å². The Kier molecular flexibility index (Phi) is 60.1. The van der Waals surface area contributed by atoms with Crippen molar-refractivity contribution in [1.82, 2.24) is 5.32 Å². The van der Waals surface area contributed by atoms with Crippen molar-refractivity contribution in [3.05, 3.63) is 85.1 Å². The number of phosphoric ester groups is 1. The topological polar surface area (TPSA) is 114 Å². The normalized spacial score (nSPS) is 14.1. The molecule has 0 radical (unpaired) electrons. The van der Waals surface area contributed by atoms with Crippen molar-refractivity contribution >= 4 is 19.7 Å². The fraction of sp³-hybridized carbons (Fsp3) is 0.781. The Labute approximate surface area is 514 Å². The van der Waals surface area contributed by atoms with Crippen LogP contribution in [0.1, 0.15) is 316 Å². The summed E-state index contributed by atoms with van der Waals surface area (Å²) in [7, 11) is 1.18. The molecule has 3 unspecified atom stereocenters. The van der Waals surface area contributed by atoms with E-state index in [0.717, 1.165) is 89.9 Å². The Morgan fingerprint density at radius 3 is 1.17 bits per heavy atom. The van der Waals surface area contributed by atoms with Crippen molar-refractivity contribution in [2.75, 3.05) is 40.9 Å². The number of esters is 1. The van der Waals surface area contributed by atoms with Crippen LogP contribution >= 0.6 is 7.82 Å². The molecule has 0 aromatic heterocycles. The fourth-order valence-corrected chi connectivity index (χ4v) is 10.7. The van der Waals surface area contributed by atoms with Crippen LogP contribution in [-0.4, -0.2) is 69.4 Å². The van der Waals surface area contributed by atoms with Crippen LogP contribution in [-0.2, 0) is 27.9 Å². The lowest BCUT2D eigenvalue weighted by molar-refractivity contribution is -0.870. The van der Waals surface area contributed by atoms with E-state index in [2.05, 4.69) is 99.0 Å². The second-order valence-electron chi connectivity index (χ2n) is 24.6. The van der Waals surface area contributed by atoms with Crippen molar-refractivity contribution in [3.63, 3.8) is 0 Å². The summed E-state index contributed by atoms with van der Waals surface area (Å²) in [5, 5.41) is 3.04.